The minimum atomic E-state index is -0.643. The van der Waals surface area contributed by atoms with Crippen molar-refractivity contribution in [3.8, 4) is 0 Å². The quantitative estimate of drug-likeness (QED) is 0.717. The molecule has 2 aromatic heterocycles. The number of morpholine rings is 1. The second-order valence-corrected chi connectivity index (χ2v) is 9.12. The van der Waals surface area contributed by atoms with Crippen molar-refractivity contribution >= 4 is 30.1 Å². The average Bonchev–Trinajstić information content (AvgIpc) is 2.99. The number of nitrogens with zero attached hydrogens (tertiary/aromatic N) is 3. The van der Waals surface area contributed by atoms with Crippen LogP contribution in [0.4, 0.5) is 11.6 Å². The molecular formula is C22H29BN4O5. The van der Waals surface area contributed by atoms with Gasteiger partial charge in [0.05, 0.1) is 30.0 Å². The average molecular weight is 440 g/mol. The van der Waals surface area contributed by atoms with Gasteiger partial charge in [-0.05, 0) is 51.4 Å². The molecule has 9 nitrogen and oxygen atoms in total. The van der Waals surface area contributed by atoms with Gasteiger partial charge >= 0.3 is 7.12 Å². The van der Waals surface area contributed by atoms with Gasteiger partial charge in [-0.15, -0.1) is 0 Å². The largest absolute Gasteiger partial charge is 0.495 e. The van der Waals surface area contributed by atoms with Crippen molar-refractivity contribution in [2.75, 3.05) is 31.6 Å². The molecular weight excluding hydrogens is 411 g/mol. The smallest absolute Gasteiger partial charge is 0.399 e. The third-order valence-electron chi connectivity index (χ3n) is 6.38. The Morgan fingerprint density at radius 1 is 1.09 bits per heavy atom. The molecule has 2 aliphatic heterocycles. The van der Waals surface area contributed by atoms with Crippen LogP contribution in [0.25, 0.3) is 0 Å². The molecule has 32 heavy (non-hydrogen) atoms. The maximum Gasteiger partial charge on any atom is 0.495 e. The van der Waals surface area contributed by atoms with Gasteiger partial charge in [0.25, 0.3) is 11.5 Å². The van der Waals surface area contributed by atoms with Crippen LogP contribution in [-0.2, 0) is 21.1 Å². The molecule has 0 spiro atoms. The summed E-state index contributed by atoms with van der Waals surface area (Å²) in [7, 11) is 1.03. The van der Waals surface area contributed by atoms with E-state index < -0.39 is 18.3 Å². The van der Waals surface area contributed by atoms with E-state index in [2.05, 4.69) is 10.3 Å². The van der Waals surface area contributed by atoms with Crippen LogP contribution >= 0.6 is 0 Å². The molecule has 0 unspecified atom stereocenters. The van der Waals surface area contributed by atoms with Crippen molar-refractivity contribution in [1.82, 2.24) is 14.5 Å². The van der Waals surface area contributed by atoms with Crippen LogP contribution in [0.5, 0.6) is 0 Å². The number of anilines is 2. The highest BCUT2D eigenvalue weighted by Gasteiger charge is 2.51. The number of amides is 1. The van der Waals surface area contributed by atoms with Crippen molar-refractivity contribution in [2.45, 2.75) is 38.9 Å². The van der Waals surface area contributed by atoms with Gasteiger partial charge in [-0.3, -0.25) is 14.2 Å². The van der Waals surface area contributed by atoms with Gasteiger partial charge in [0.2, 0.25) is 0 Å². The molecule has 2 aromatic rings. The molecule has 0 saturated carbocycles. The first-order valence-electron chi connectivity index (χ1n) is 10.7. The lowest BCUT2D eigenvalue weighted by atomic mass is 9.79. The summed E-state index contributed by atoms with van der Waals surface area (Å²) < 4.78 is 19.0. The van der Waals surface area contributed by atoms with E-state index in [1.54, 1.807) is 24.1 Å². The lowest BCUT2D eigenvalue weighted by Crippen LogP contribution is -2.41. The van der Waals surface area contributed by atoms with Crippen LogP contribution in [-0.4, -0.2) is 65.0 Å². The van der Waals surface area contributed by atoms with Crippen molar-refractivity contribution in [2.24, 2.45) is 7.05 Å². The van der Waals surface area contributed by atoms with Gasteiger partial charge in [-0.2, -0.15) is 0 Å². The molecule has 2 aliphatic rings. The van der Waals surface area contributed by atoms with Gasteiger partial charge in [-0.25, -0.2) is 4.98 Å². The van der Waals surface area contributed by atoms with Crippen LogP contribution in [0.15, 0.2) is 35.3 Å². The van der Waals surface area contributed by atoms with Crippen molar-refractivity contribution in [3.63, 3.8) is 0 Å². The standard InChI is InChI=1S/C22H29BN4O5/c1-21(2)22(3,4)32-23(31-21)16-12-18(26(5)19(28)13-16)25-17-7-6-15(14-24-17)20(29)27-8-10-30-11-9-27/h6-7,12-14H,8-11H2,1-5H3,(H,24,25). The molecule has 0 aromatic carbocycles. The second-order valence-electron chi connectivity index (χ2n) is 9.12. The highest BCUT2D eigenvalue weighted by atomic mass is 16.7. The number of rotatable bonds is 4. The third kappa shape index (κ3) is 4.30. The fourth-order valence-electron chi connectivity index (χ4n) is 3.56. The Morgan fingerprint density at radius 3 is 2.34 bits per heavy atom. The van der Waals surface area contributed by atoms with Crippen LogP contribution in [0.1, 0.15) is 38.1 Å². The molecule has 170 valence electrons. The summed E-state index contributed by atoms with van der Waals surface area (Å²) in [6, 6.07) is 6.78. The summed E-state index contributed by atoms with van der Waals surface area (Å²) >= 11 is 0. The maximum atomic E-state index is 12.6. The molecule has 0 radical (unpaired) electrons. The minimum absolute atomic E-state index is 0.0671. The predicted molar refractivity (Wildman–Crippen MR) is 122 cm³/mol. The van der Waals surface area contributed by atoms with Crippen LogP contribution < -0.4 is 16.3 Å². The van der Waals surface area contributed by atoms with Gasteiger partial charge in [-0.1, -0.05) is 0 Å². The summed E-state index contributed by atoms with van der Waals surface area (Å²) in [5, 5.41) is 3.16. The van der Waals surface area contributed by atoms with E-state index in [9.17, 15) is 9.59 Å². The fourth-order valence-corrected chi connectivity index (χ4v) is 3.56. The molecule has 1 amide bonds. The monoisotopic (exact) mass is 440 g/mol. The molecule has 1 N–H and O–H groups in total. The van der Waals surface area contributed by atoms with Crippen molar-refractivity contribution < 1.29 is 18.8 Å². The Hall–Kier alpha value is -2.69. The highest BCUT2D eigenvalue weighted by Crippen LogP contribution is 2.36. The van der Waals surface area contributed by atoms with Crippen molar-refractivity contribution in [1.29, 1.82) is 0 Å². The predicted octanol–water partition coefficient (Wildman–Crippen LogP) is 1.30. The number of ether oxygens (including phenoxy) is 1. The Kier molecular flexibility index (Phi) is 5.87. The second kappa shape index (κ2) is 8.34. The first kappa shape index (κ1) is 22.5. The zero-order valence-electron chi connectivity index (χ0n) is 19.2. The molecule has 2 saturated heterocycles. The molecule has 4 heterocycles. The lowest BCUT2D eigenvalue weighted by Gasteiger charge is -2.32. The van der Waals surface area contributed by atoms with E-state index in [1.807, 2.05) is 33.8 Å². The SMILES string of the molecule is Cn1c(Nc2ccc(C(=O)N3CCOCC3)cn2)cc(B2OC(C)(C)C(C)(C)O2)cc1=O. The zero-order chi connectivity index (χ0) is 23.1. The summed E-state index contributed by atoms with van der Waals surface area (Å²) in [5.41, 5.74) is -0.0579. The number of nitrogens with one attached hydrogen (secondary N) is 1. The number of hydrogen-bond donors (Lipinski definition) is 1. The molecule has 0 bridgehead atoms. The number of hydrogen-bond acceptors (Lipinski definition) is 7. The molecule has 0 aliphatic carbocycles. The number of carbonyl (C=O) groups is 1. The van der Waals surface area contributed by atoms with Gasteiger partial charge in [0.1, 0.15) is 11.6 Å². The third-order valence-corrected chi connectivity index (χ3v) is 6.38. The Labute approximate surface area is 187 Å². The first-order valence-corrected chi connectivity index (χ1v) is 10.7. The van der Waals surface area contributed by atoms with Crippen LogP contribution in [0, 0.1) is 0 Å². The van der Waals surface area contributed by atoms with Gasteiger partial charge < -0.3 is 24.3 Å². The Morgan fingerprint density at radius 2 is 1.75 bits per heavy atom. The first-order chi connectivity index (χ1) is 15.1. The van der Waals surface area contributed by atoms with Crippen LogP contribution in [0.3, 0.4) is 0 Å². The van der Waals surface area contributed by atoms with E-state index in [-0.39, 0.29) is 11.5 Å². The number of aromatic nitrogens is 2. The van der Waals surface area contributed by atoms with E-state index in [0.29, 0.717) is 49.0 Å². The number of pyridine rings is 2. The molecule has 2 fully saturated rings. The van der Waals surface area contributed by atoms with Crippen LogP contribution in [0.2, 0.25) is 0 Å². The molecule has 4 rings (SSSR count). The summed E-state index contributed by atoms with van der Waals surface area (Å²) in [5.74, 6) is 0.995. The minimum Gasteiger partial charge on any atom is -0.399 e. The number of carbonyl (C=O) groups excluding carboxylic acids is 1. The summed E-state index contributed by atoms with van der Waals surface area (Å²) in [6.45, 7) is 10.1. The fraction of sp³-hybridized carbons (Fsp3) is 0.500. The Bertz CT molecular complexity index is 1040. The summed E-state index contributed by atoms with van der Waals surface area (Å²) in [6.07, 6.45) is 1.54. The lowest BCUT2D eigenvalue weighted by molar-refractivity contribution is 0.00578. The van der Waals surface area contributed by atoms with E-state index in [0.717, 1.165) is 0 Å². The summed E-state index contributed by atoms with van der Waals surface area (Å²) in [4.78, 5) is 31.3. The van der Waals surface area contributed by atoms with E-state index >= 15 is 0 Å². The topological polar surface area (TPSA) is 94.9 Å². The normalized spacial score (nSPS) is 19.8. The van der Waals surface area contributed by atoms with Gasteiger partial charge in [0, 0.05) is 32.4 Å². The van der Waals surface area contributed by atoms with Gasteiger partial charge in [0.15, 0.2) is 0 Å². The molecule has 0 atom stereocenters. The van der Waals surface area contributed by atoms with E-state index in [1.165, 1.54) is 16.8 Å². The highest BCUT2D eigenvalue weighted by molar-refractivity contribution is 6.62. The van der Waals surface area contributed by atoms with E-state index in [4.69, 9.17) is 14.0 Å². The zero-order valence-corrected chi connectivity index (χ0v) is 19.2. The van der Waals surface area contributed by atoms with Crippen molar-refractivity contribution in [3.05, 3.63) is 46.4 Å². The Balaban J connectivity index is 1.53. The molecule has 10 heteroatoms. The maximum absolute atomic E-state index is 12.6.